The standard InChI is InChI=1S/C17H10F3N2.C11H7FN.CN.Ir/c18-17(19,20)14-10-12(15-5-1-3-7-21-15)9-13(11-14)16-6-2-4-8-22-16;12-10-6-4-9(5-7-10)11-3-1-2-8-13-11;1-2;/h1-8,10-11H;1-4,6-8H;;/q3*-1;+3. The minimum Gasteiger partial charge on any atom is -0.512 e. The second kappa shape index (κ2) is 14.5. The van der Waals surface area contributed by atoms with Gasteiger partial charge in [-0.3, -0.25) is 14.4 Å². The molecule has 0 fully saturated rings. The average Bonchev–Trinajstić information content (AvgIpc) is 2.96. The minimum absolute atomic E-state index is 0. The fourth-order valence-corrected chi connectivity index (χ4v) is 3.14. The molecule has 3 heterocycles. The summed E-state index contributed by atoms with van der Waals surface area (Å²) in [6.07, 6.45) is 0.322. The Morgan fingerprint density at radius 2 is 1.11 bits per heavy atom. The Labute approximate surface area is 231 Å². The number of rotatable bonds is 3. The molecule has 190 valence electrons. The number of hydrogen-bond donors (Lipinski definition) is 0. The van der Waals surface area contributed by atoms with Crippen molar-refractivity contribution in [1.29, 1.82) is 5.26 Å². The molecule has 0 saturated heterocycles. The molecule has 9 heteroatoms. The summed E-state index contributed by atoms with van der Waals surface area (Å²) in [7, 11) is 0. The molecule has 0 spiro atoms. The van der Waals surface area contributed by atoms with Crippen LogP contribution in [0.2, 0.25) is 0 Å². The van der Waals surface area contributed by atoms with E-state index in [2.05, 4.69) is 27.1 Å². The van der Waals surface area contributed by atoms with Gasteiger partial charge in [-0.15, -0.1) is 48.0 Å². The zero-order chi connectivity index (χ0) is 26.7. The largest absolute Gasteiger partial charge is 3.00 e. The van der Waals surface area contributed by atoms with Gasteiger partial charge in [-0.2, -0.15) is 13.2 Å². The summed E-state index contributed by atoms with van der Waals surface area (Å²) < 4.78 is 51.9. The molecule has 5 aromatic rings. The number of alkyl halides is 3. The van der Waals surface area contributed by atoms with Gasteiger partial charge in [0, 0.05) is 35.8 Å². The predicted octanol–water partition coefficient (Wildman–Crippen LogP) is 7.41. The van der Waals surface area contributed by atoms with Crippen molar-refractivity contribution in [2.24, 2.45) is 0 Å². The Bertz CT molecular complexity index is 1350. The molecule has 0 amide bonds. The monoisotopic (exact) mass is 690 g/mol. The summed E-state index contributed by atoms with van der Waals surface area (Å²) >= 11 is 0. The van der Waals surface area contributed by atoms with Gasteiger partial charge < -0.3 is 16.8 Å². The number of nitrogens with zero attached hydrogens (tertiary/aromatic N) is 4. The topological polar surface area (TPSA) is 62.5 Å². The molecule has 4 nitrogen and oxygen atoms in total. The number of hydrogen-bond acceptors (Lipinski definition) is 4. The molecule has 3 aromatic heterocycles. The molecule has 2 aromatic carbocycles. The summed E-state index contributed by atoms with van der Waals surface area (Å²) in [5.41, 5.74) is 2.32. The second-order valence-electron chi connectivity index (χ2n) is 7.26. The van der Waals surface area contributed by atoms with Gasteiger partial charge in [-0.05, 0) is 29.5 Å². The van der Waals surface area contributed by atoms with E-state index in [1.165, 1.54) is 24.5 Å². The Hall–Kier alpha value is -4.25. The second-order valence-corrected chi connectivity index (χ2v) is 7.26. The van der Waals surface area contributed by atoms with Crippen LogP contribution < -0.4 is 0 Å². The summed E-state index contributed by atoms with van der Waals surface area (Å²) in [5, 5.41) is 6.25. The predicted molar refractivity (Wildman–Crippen MR) is 130 cm³/mol. The Kier molecular flexibility index (Phi) is 11.4. The Balaban J connectivity index is 0.000000271. The third-order valence-electron chi connectivity index (χ3n) is 4.79. The third kappa shape index (κ3) is 8.41. The molecule has 0 N–H and O–H groups in total. The first-order valence-electron chi connectivity index (χ1n) is 10.7. The van der Waals surface area contributed by atoms with Crippen LogP contribution in [0.4, 0.5) is 17.6 Å². The van der Waals surface area contributed by atoms with Crippen LogP contribution in [0.5, 0.6) is 0 Å². The van der Waals surface area contributed by atoms with Gasteiger partial charge in [0.15, 0.2) is 0 Å². The van der Waals surface area contributed by atoms with E-state index in [9.17, 15) is 17.6 Å². The van der Waals surface area contributed by atoms with E-state index in [4.69, 9.17) is 11.8 Å². The van der Waals surface area contributed by atoms with E-state index in [1.54, 1.807) is 48.7 Å². The van der Waals surface area contributed by atoms with Crippen molar-refractivity contribution in [3.8, 4) is 33.8 Å². The van der Waals surface area contributed by atoms with Gasteiger partial charge >= 0.3 is 26.3 Å². The Morgan fingerprint density at radius 3 is 1.45 bits per heavy atom. The van der Waals surface area contributed by atoms with Crippen molar-refractivity contribution in [2.45, 2.75) is 6.18 Å². The van der Waals surface area contributed by atoms with Gasteiger partial charge in [0.25, 0.3) is 0 Å². The molecule has 0 unspecified atom stereocenters. The summed E-state index contributed by atoms with van der Waals surface area (Å²) in [6, 6.07) is 28.0. The molecule has 0 saturated carbocycles. The number of benzene rings is 2. The molecular weight excluding hydrogens is 673 g/mol. The van der Waals surface area contributed by atoms with Gasteiger partial charge in [-0.25, -0.2) is 0 Å². The van der Waals surface area contributed by atoms with E-state index in [-0.39, 0.29) is 37.0 Å². The van der Waals surface area contributed by atoms with Crippen LogP contribution in [0.3, 0.4) is 0 Å². The zero-order valence-electron chi connectivity index (χ0n) is 19.4. The quantitative estimate of drug-likeness (QED) is 0.146. The van der Waals surface area contributed by atoms with Crippen LogP contribution in [0.25, 0.3) is 33.8 Å². The van der Waals surface area contributed by atoms with E-state index < -0.39 is 11.7 Å². The fourth-order valence-electron chi connectivity index (χ4n) is 3.14. The number of aromatic nitrogens is 3. The van der Waals surface area contributed by atoms with Crippen LogP contribution in [0.1, 0.15) is 5.56 Å². The maximum absolute atomic E-state index is 13.1. The van der Waals surface area contributed by atoms with E-state index in [0.717, 1.165) is 23.4 Å². The van der Waals surface area contributed by atoms with Crippen molar-refractivity contribution in [2.75, 3.05) is 0 Å². The summed E-state index contributed by atoms with van der Waals surface area (Å²) in [5.74, 6) is -0.278. The van der Waals surface area contributed by atoms with Crippen LogP contribution in [0.15, 0.2) is 104 Å². The molecule has 0 radical (unpaired) electrons. The van der Waals surface area contributed by atoms with Crippen molar-refractivity contribution in [3.63, 3.8) is 0 Å². The van der Waals surface area contributed by atoms with Crippen LogP contribution in [0, 0.1) is 29.8 Å². The normalized spacial score (nSPS) is 10.1. The van der Waals surface area contributed by atoms with Crippen molar-refractivity contribution < 1.29 is 37.7 Å². The molecule has 0 aliphatic heterocycles. The smallest absolute Gasteiger partial charge is 0.512 e. The zero-order valence-corrected chi connectivity index (χ0v) is 21.8. The maximum Gasteiger partial charge on any atom is 3.00 e. The van der Waals surface area contributed by atoms with Gasteiger partial charge in [-0.1, -0.05) is 47.5 Å². The first-order valence-corrected chi connectivity index (χ1v) is 10.7. The first-order chi connectivity index (χ1) is 17.9. The number of pyridine rings is 3. The summed E-state index contributed by atoms with van der Waals surface area (Å²) in [6.45, 7) is 4.75. The van der Waals surface area contributed by atoms with Crippen molar-refractivity contribution in [3.05, 3.63) is 134 Å². The summed E-state index contributed by atoms with van der Waals surface area (Å²) in [4.78, 5) is 12.3. The molecule has 38 heavy (non-hydrogen) atoms. The van der Waals surface area contributed by atoms with E-state index in [0.29, 0.717) is 11.4 Å². The van der Waals surface area contributed by atoms with Gasteiger partial charge in [0.05, 0.1) is 0 Å². The molecule has 0 bridgehead atoms. The first kappa shape index (κ1) is 30.0. The van der Waals surface area contributed by atoms with Gasteiger partial charge in [0.2, 0.25) is 0 Å². The SMILES string of the molecule is FC(F)(F)c1cc(-c2ccccn2)[c-]c(-c2ccccn2)c1.Fc1c[c-]c(-c2ccccn2)cc1.[C-]#N.[Ir+3]. The molecule has 0 atom stereocenters. The van der Waals surface area contributed by atoms with Gasteiger partial charge in [0.1, 0.15) is 0 Å². The molecular formula is C29H17F4IrN4. The minimum atomic E-state index is -4.44. The molecule has 5 rings (SSSR count). The fraction of sp³-hybridized carbons (Fsp3) is 0.0345. The maximum atomic E-state index is 13.1. The molecule has 0 aliphatic carbocycles. The van der Waals surface area contributed by atoms with E-state index >= 15 is 0 Å². The van der Waals surface area contributed by atoms with Crippen molar-refractivity contribution >= 4 is 0 Å². The average molecular weight is 690 g/mol. The molecule has 0 aliphatic rings. The van der Waals surface area contributed by atoms with Crippen LogP contribution in [-0.2, 0) is 26.3 Å². The van der Waals surface area contributed by atoms with E-state index in [1.807, 2.05) is 18.2 Å². The Morgan fingerprint density at radius 1 is 0.658 bits per heavy atom. The number of halogens is 4. The van der Waals surface area contributed by atoms with Crippen LogP contribution >= 0.6 is 0 Å². The van der Waals surface area contributed by atoms with Crippen LogP contribution in [-0.4, -0.2) is 15.0 Å². The third-order valence-corrected chi connectivity index (χ3v) is 4.79. The van der Waals surface area contributed by atoms with Crippen molar-refractivity contribution in [1.82, 2.24) is 15.0 Å².